The lowest BCUT2D eigenvalue weighted by atomic mass is 9.98. The van der Waals surface area contributed by atoms with E-state index in [0.29, 0.717) is 35.3 Å². The molecular weight excluding hydrogens is 644 g/mol. The van der Waals surface area contributed by atoms with Crippen LogP contribution in [0.25, 0.3) is 0 Å². The fourth-order valence-electron chi connectivity index (χ4n) is 4.67. The van der Waals surface area contributed by atoms with E-state index in [2.05, 4.69) is 56.4 Å². The number of halogens is 2. The number of amides is 1. The number of rotatable bonds is 12. The summed E-state index contributed by atoms with van der Waals surface area (Å²) in [6.45, 7) is 5.86. The Morgan fingerprint density at radius 3 is 2.60 bits per heavy atom. The molecule has 0 spiro atoms. The fourth-order valence-corrected chi connectivity index (χ4v) is 5.54. The van der Waals surface area contributed by atoms with E-state index in [4.69, 9.17) is 29.1 Å². The van der Waals surface area contributed by atoms with Crippen LogP contribution in [-0.2, 0) is 24.3 Å². The van der Waals surface area contributed by atoms with Gasteiger partial charge in [0.25, 0.3) is 0 Å². The predicted octanol–water partition coefficient (Wildman–Crippen LogP) is 7.19. The quantitative estimate of drug-likeness (QED) is 0.155. The van der Waals surface area contributed by atoms with E-state index < -0.39 is 0 Å². The number of nitrogens with one attached hydrogen (secondary N) is 2. The van der Waals surface area contributed by atoms with Crippen LogP contribution in [0.3, 0.4) is 0 Å². The van der Waals surface area contributed by atoms with Gasteiger partial charge in [0, 0.05) is 52.7 Å². The molecule has 0 saturated carbocycles. The van der Waals surface area contributed by atoms with E-state index in [1.807, 2.05) is 65.2 Å². The topological polar surface area (TPSA) is 86.0 Å². The minimum Gasteiger partial charge on any atom is -0.351 e. The Morgan fingerprint density at radius 2 is 1.91 bits per heavy atom. The molecule has 0 aliphatic rings. The first kappa shape index (κ1) is 32.2. The predicted molar refractivity (Wildman–Crippen MR) is 180 cm³/mol. The number of aromatic nitrogens is 2. The summed E-state index contributed by atoms with van der Waals surface area (Å²) in [6.07, 6.45) is 4.53. The van der Waals surface area contributed by atoms with Crippen LogP contribution in [0.5, 0.6) is 0 Å². The number of nitriles is 1. The van der Waals surface area contributed by atoms with Gasteiger partial charge in [-0.2, -0.15) is 5.26 Å². The lowest BCUT2D eigenvalue weighted by Crippen LogP contribution is -2.50. The third-order valence-corrected chi connectivity index (χ3v) is 8.38. The number of carbonyl (C=O) groups excluding carboxylic acids is 1. The monoisotopic (exact) mass is 676 g/mol. The molecule has 0 saturated heterocycles. The summed E-state index contributed by atoms with van der Waals surface area (Å²) in [5.41, 5.74) is 4.34. The first-order chi connectivity index (χ1) is 20.7. The molecule has 0 fully saturated rings. The van der Waals surface area contributed by atoms with Crippen molar-refractivity contribution in [3.05, 3.63) is 117 Å². The van der Waals surface area contributed by atoms with Gasteiger partial charge in [-0.15, -0.1) is 0 Å². The molecule has 222 valence electrons. The maximum Gasteiger partial charge on any atom is 0.226 e. The second-order valence-electron chi connectivity index (χ2n) is 10.5. The second kappa shape index (κ2) is 15.7. The minimum absolute atomic E-state index is 0.0829. The van der Waals surface area contributed by atoms with Crippen molar-refractivity contribution in [2.75, 3.05) is 11.9 Å². The van der Waals surface area contributed by atoms with Gasteiger partial charge in [0.1, 0.15) is 0 Å². The molecule has 0 bridgehead atoms. The van der Waals surface area contributed by atoms with Crippen LogP contribution in [0, 0.1) is 17.2 Å². The zero-order valence-electron chi connectivity index (χ0n) is 24.1. The summed E-state index contributed by atoms with van der Waals surface area (Å²) in [4.78, 5) is 19.8. The number of carbonyl (C=O) groups is 1. The first-order valence-corrected chi connectivity index (χ1v) is 15.6. The Labute approximate surface area is 272 Å². The third-order valence-electron chi connectivity index (χ3n) is 7.30. The number of thiocarbonyl (C=S) groups is 1. The van der Waals surface area contributed by atoms with Crippen molar-refractivity contribution in [1.82, 2.24) is 19.8 Å². The van der Waals surface area contributed by atoms with Gasteiger partial charge in [-0.3, -0.25) is 4.79 Å². The molecule has 1 heterocycles. The molecule has 1 amide bonds. The minimum atomic E-state index is -0.158. The van der Waals surface area contributed by atoms with Gasteiger partial charge < -0.3 is 20.1 Å². The highest BCUT2D eigenvalue weighted by molar-refractivity contribution is 9.10. The highest BCUT2D eigenvalue weighted by Crippen LogP contribution is 2.20. The van der Waals surface area contributed by atoms with Gasteiger partial charge in [-0.25, -0.2) is 4.98 Å². The largest absolute Gasteiger partial charge is 0.351 e. The number of hydrogen-bond donors (Lipinski definition) is 2. The highest BCUT2D eigenvalue weighted by Gasteiger charge is 2.24. The molecule has 4 rings (SSSR count). The standard InChI is InChI=1S/C33H34BrClN6OS/c1-3-23(2)31(39-32(42)16-30-18-37-22-41(30)19-25-12-10-24(17-36)11-13-25)21-40(20-26-6-4-8-28(35)14-26)33(43)38-29-9-5-7-27(34)15-29/h4-15,18,22-23,31H,3,16,19-21H2,1-2H3,(H,38,43)(H,39,42)/t23-,31+/m0/s1. The zero-order chi connectivity index (χ0) is 30.8. The maximum atomic E-state index is 13.4. The zero-order valence-corrected chi connectivity index (χ0v) is 27.3. The SMILES string of the molecule is CC[C@H](C)[C@@H](CN(Cc1cccc(Cl)c1)C(=S)Nc1cccc(Br)c1)NC(=O)Cc1cncn1Cc1ccc(C#N)cc1. The highest BCUT2D eigenvalue weighted by atomic mass is 79.9. The Morgan fingerprint density at radius 1 is 1.14 bits per heavy atom. The van der Waals surface area contributed by atoms with Crippen LogP contribution in [-0.4, -0.2) is 38.1 Å². The maximum absolute atomic E-state index is 13.4. The molecule has 7 nitrogen and oxygen atoms in total. The molecule has 10 heteroatoms. The molecule has 4 aromatic rings. The van der Waals surface area contributed by atoms with Crippen molar-refractivity contribution in [2.24, 2.45) is 5.92 Å². The average molecular weight is 678 g/mol. The first-order valence-electron chi connectivity index (χ1n) is 14.1. The van der Waals surface area contributed by atoms with Crippen LogP contribution in [0.15, 0.2) is 89.8 Å². The van der Waals surface area contributed by atoms with Crippen molar-refractivity contribution in [1.29, 1.82) is 5.26 Å². The van der Waals surface area contributed by atoms with Crippen molar-refractivity contribution >= 4 is 56.5 Å². The van der Waals surface area contributed by atoms with Gasteiger partial charge in [0.05, 0.1) is 24.4 Å². The molecule has 0 radical (unpaired) electrons. The Hall–Kier alpha value is -3.71. The van der Waals surface area contributed by atoms with Crippen molar-refractivity contribution in [3.63, 3.8) is 0 Å². The number of anilines is 1. The number of imidazole rings is 1. The van der Waals surface area contributed by atoms with E-state index in [-0.39, 0.29) is 24.3 Å². The van der Waals surface area contributed by atoms with Crippen LogP contribution in [0.2, 0.25) is 5.02 Å². The summed E-state index contributed by atoms with van der Waals surface area (Å²) in [5.74, 6) is 0.114. The summed E-state index contributed by atoms with van der Waals surface area (Å²) in [6, 6.07) is 25.0. The molecule has 2 atom stereocenters. The normalized spacial score (nSPS) is 12.2. The van der Waals surface area contributed by atoms with Crippen LogP contribution in [0.4, 0.5) is 5.69 Å². The van der Waals surface area contributed by atoms with Crippen molar-refractivity contribution in [2.45, 2.75) is 45.8 Å². The van der Waals surface area contributed by atoms with Gasteiger partial charge in [-0.05, 0) is 71.7 Å². The smallest absolute Gasteiger partial charge is 0.226 e. The summed E-state index contributed by atoms with van der Waals surface area (Å²) in [5, 5.41) is 16.9. The molecular formula is C33H34BrClN6OS. The summed E-state index contributed by atoms with van der Waals surface area (Å²) >= 11 is 15.7. The molecule has 2 N–H and O–H groups in total. The lowest BCUT2D eigenvalue weighted by molar-refractivity contribution is -0.121. The van der Waals surface area contributed by atoms with E-state index in [0.717, 1.165) is 33.4 Å². The number of nitrogens with zero attached hydrogens (tertiary/aromatic N) is 4. The molecule has 0 unspecified atom stereocenters. The van der Waals surface area contributed by atoms with Gasteiger partial charge in [0.2, 0.25) is 5.91 Å². The number of benzene rings is 3. The second-order valence-corrected chi connectivity index (χ2v) is 12.2. The summed E-state index contributed by atoms with van der Waals surface area (Å²) in [7, 11) is 0. The van der Waals surface area contributed by atoms with E-state index >= 15 is 0 Å². The Kier molecular flexibility index (Phi) is 11.7. The Bertz CT molecular complexity index is 1580. The Balaban J connectivity index is 1.49. The van der Waals surface area contributed by atoms with Gasteiger partial charge >= 0.3 is 0 Å². The van der Waals surface area contributed by atoms with Crippen molar-refractivity contribution < 1.29 is 4.79 Å². The average Bonchev–Trinajstić information content (AvgIpc) is 3.42. The van der Waals surface area contributed by atoms with Gasteiger partial charge in [-0.1, -0.05) is 78.1 Å². The molecule has 0 aliphatic carbocycles. The lowest BCUT2D eigenvalue weighted by Gasteiger charge is -2.33. The van der Waals surface area contributed by atoms with E-state index in [9.17, 15) is 4.79 Å². The molecule has 43 heavy (non-hydrogen) atoms. The van der Waals surface area contributed by atoms with E-state index in [1.54, 1.807) is 24.7 Å². The molecule has 0 aliphatic heterocycles. The van der Waals surface area contributed by atoms with Crippen LogP contribution >= 0.6 is 39.7 Å². The molecule has 3 aromatic carbocycles. The van der Waals surface area contributed by atoms with Crippen LogP contribution < -0.4 is 10.6 Å². The van der Waals surface area contributed by atoms with Crippen LogP contribution in [0.1, 0.15) is 42.7 Å². The van der Waals surface area contributed by atoms with Gasteiger partial charge in [0.15, 0.2) is 5.11 Å². The third kappa shape index (κ3) is 9.65. The number of hydrogen-bond acceptors (Lipinski definition) is 4. The van der Waals surface area contributed by atoms with Crippen molar-refractivity contribution in [3.8, 4) is 6.07 Å². The molecule has 1 aromatic heterocycles. The summed E-state index contributed by atoms with van der Waals surface area (Å²) < 4.78 is 2.91. The van der Waals surface area contributed by atoms with E-state index in [1.165, 1.54) is 0 Å². The fraction of sp³-hybridized carbons (Fsp3) is 0.273.